The first-order chi connectivity index (χ1) is 22.0. The molecule has 8 rings (SSSR count). The number of carbonyl (C=O) groups excluding carboxylic acids is 4. The van der Waals surface area contributed by atoms with Gasteiger partial charge in [0, 0.05) is 33.3 Å². The first-order valence-electron chi connectivity index (χ1n) is 14.5. The summed E-state index contributed by atoms with van der Waals surface area (Å²) in [5.74, 6) is -2.11. The number of carbonyl (C=O) groups is 4. The van der Waals surface area contributed by atoms with Crippen LogP contribution in [0.5, 0.6) is 0 Å². The molecule has 0 unspecified atom stereocenters. The van der Waals surface area contributed by atoms with E-state index < -0.39 is 23.6 Å². The van der Waals surface area contributed by atoms with Crippen LogP contribution < -0.4 is 14.7 Å². The average Bonchev–Trinajstić information content (AvgIpc) is 3.08. The van der Waals surface area contributed by atoms with Gasteiger partial charge in [0.1, 0.15) is 0 Å². The Morgan fingerprint density at radius 3 is 1.29 bits per heavy atom. The van der Waals surface area contributed by atoms with E-state index in [1.165, 1.54) is 4.90 Å². The maximum Gasteiger partial charge on any atom is 0.268 e. The molecule has 6 aromatic rings. The molecule has 2 aliphatic rings. The largest absolute Gasteiger partial charge is 0.310 e. The van der Waals surface area contributed by atoms with Gasteiger partial charge in [0.15, 0.2) is 0 Å². The lowest BCUT2D eigenvalue weighted by Crippen LogP contribution is -2.44. The van der Waals surface area contributed by atoms with Crippen molar-refractivity contribution in [1.82, 2.24) is 0 Å². The van der Waals surface area contributed by atoms with Crippen molar-refractivity contribution < 1.29 is 19.2 Å². The van der Waals surface area contributed by atoms with E-state index in [0.29, 0.717) is 27.8 Å². The minimum atomic E-state index is -0.542. The smallest absolute Gasteiger partial charge is 0.268 e. The molecule has 6 aromatic carbocycles. The number of amides is 4. The highest BCUT2D eigenvalue weighted by molar-refractivity contribution is 6.43. The molecule has 0 N–H and O–H groups in total. The van der Waals surface area contributed by atoms with Gasteiger partial charge in [-0.25, -0.2) is 9.80 Å². The van der Waals surface area contributed by atoms with Gasteiger partial charge in [-0.3, -0.25) is 19.2 Å². The van der Waals surface area contributed by atoms with Crippen LogP contribution in [-0.2, 0) is 0 Å². The van der Waals surface area contributed by atoms with Crippen LogP contribution in [0.4, 0.5) is 28.4 Å². The molecule has 7 heteroatoms. The third-order valence-corrected chi connectivity index (χ3v) is 8.28. The summed E-state index contributed by atoms with van der Waals surface area (Å²) in [7, 11) is 0. The summed E-state index contributed by atoms with van der Waals surface area (Å²) in [5.41, 5.74) is 3.72. The highest BCUT2D eigenvalue weighted by Crippen LogP contribution is 2.47. The number of benzene rings is 6. The van der Waals surface area contributed by atoms with Crippen LogP contribution in [0.1, 0.15) is 41.4 Å². The van der Waals surface area contributed by atoms with Crippen molar-refractivity contribution in [3.8, 4) is 0 Å². The average molecular weight is 586 g/mol. The molecule has 0 spiro atoms. The summed E-state index contributed by atoms with van der Waals surface area (Å²) in [4.78, 5) is 61.3. The molecule has 0 aromatic heterocycles. The van der Waals surface area contributed by atoms with Crippen LogP contribution in [-0.4, -0.2) is 23.6 Å². The Morgan fingerprint density at radius 1 is 0.400 bits per heavy atom. The fourth-order valence-corrected chi connectivity index (χ4v) is 6.33. The number of hydrogen-bond acceptors (Lipinski definition) is 5. The van der Waals surface area contributed by atoms with Crippen LogP contribution in [0.3, 0.4) is 0 Å². The third-order valence-electron chi connectivity index (χ3n) is 8.28. The Balaban J connectivity index is 1.49. The summed E-state index contributed by atoms with van der Waals surface area (Å²) in [6.45, 7) is 0. The van der Waals surface area contributed by atoms with E-state index in [2.05, 4.69) is 0 Å². The maximum absolute atomic E-state index is 14.7. The molecule has 0 saturated heterocycles. The van der Waals surface area contributed by atoms with Gasteiger partial charge in [0.2, 0.25) is 0 Å². The number of hydrogen-bond donors (Lipinski definition) is 0. The van der Waals surface area contributed by atoms with E-state index in [0.717, 1.165) is 16.3 Å². The van der Waals surface area contributed by atoms with Gasteiger partial charge in [0.05, 0.1) is 28.2 Å². The van der Waals surface area contributed by atoms with Crippen LogP contribution in [0.25, 0.3) is 10.8 Å². The Hall–Kier alpha value is -6.34. The molecular formula is C38H23N3O4. The SMILES string of the molecule is O=C1c2ccc3c4c(c(N(c5ccccc5)c5ccccc5)cc(c24)C(=O)N1c1ccccc1)C(=O)N(c1ccccc1)C3=O. The van der Waals surface area contributed by atoms with Crippen molar-refractivity contribution in [1.29, 1.82) is 0 Å². The van der Waals surface area contributed by atoms with Gasteiger partial charge < -0.3 is 4.90 Å². The molecule has 2 aliphatic heterocycles. The van der Waals surface area contributed by atoms with Crippen molar-refractivity contribution in [3.05, 3.63) is 162 Å². The van der Waals surface area contributed by atoms with Crippen molar-refractivity contribution in [2.24, 2.45) is 0 Å². The quantitative estimate of drug-likeness (QED) is 0.192. The lowest BCUT2D eigenvalue weighted by Gasteiger charge is -2.36. The lowest BCUT2D eigenvalue weighted by molar-refractivity contribution is 0.0873. The first-order valence-corrected chi connectivity index (χ1v) is 14.5. The van der Waals surface area contributed by atoms with Gasteiger partial charge in [-0.1, -0.05) is 72.8 Å². The molecule has 0 radical (unpaired) electrons. The highest BCUT2D eigenvalue weighted by Gasteiger charge is 2.43. The Labute approximate surface area is 258 Å². The molecule has 0 fully saturated rings. The molecule has 0 atom stereocenters. The van der Waals surface area contributed by atoms with Gasteiger partial charge in [-0.05, 0) is 66.7 Å². The number of anilines is 5. The van der Waals surface area contributed by atoms with E-state index in [-0.39, 0.29) is 22.3 Å². The normalized spacial score (nSPS) is 13.9. The van der Waals surface area contributed by atoms with Gasteiger partial charge in [-0.15, -0.1) is 0 Å². The zero-order valence-corrected chi connectivity index (χ0v) is 23.8. The van der Waals surface area contributed by atoms with Crippen molar-refractivity contribution in [3.63, 3.8) is 0 Å². The summed E-state index contributed by atoms with van der Waals surface area (Å²) in [6.07, 6.45) is 0. The molecule has 2 heterocycles. The van der Waals surface area contributed by atoms with Gasteiger partial charge >= 0.3 is 0 Å². The predicted molar refractivity (Wildman–Crippen MR) is 174 cm³/mol. The zero-order chi connectivity index (χ0) is 30.7. The van der Waals surface area contributed by atoms with E-state index in [1.807, 2.05) is 77.7 Å². The lowest BCUT2D eigenvalue weighted by atomic mass is 9.84. The Kier molecular flexibility index (Phi) is 5.92. The standard InChI is InChI=1S/C38H23N3O4/c42-35-28-21-22-29-33-32(28)30(37(44)40(35)26-17-9-3-10-18-26)23-31(34(33)38(45)41(36(29)43)27-19-11-4-12-20-27)39(24-13-5-1-6-14-24)25-15-7-2-8-16-25/h1-23H. The van der Waals surface area contributed by atoms with E-state index >= 15 is 0 Å². The minimum Gasteiger partial charge on any atom is -0.310 e. The zero-order valence-electron chi connectivity index (χ0n) is 23.8. The topological polar surface area (TPSA) is 78.0 Å². The van der Waals surface area contributed by atoms with Crippen LogP contribution in [0, 0.1) is 0 Å². The molecule has 0 bridgehead atoms. The molecule has 4 amide bonds. The fourth-order valence-electron chi connectivity index (χ4n) is 6.33. The second-order valence-corrected chi connectivity index (χ2v) is 10.8. The van der Waals surface area contributed by atoms with Crippen LogP contribution >= 0.6 is 0 Å². The van der Waals surface area contributed by atoms with E-state index in [1.54, 1.807) is 66.7 Å². The molecule has 0 saturated carbocycles. The van der Waals surface area contributed by atoms with E-state index in [4.69, 9.17) is 0 Å². The summed E-state index contributed by atoms with van der Waals surface area (Å²) in [5, 5.41) is 0.609. The minimum absolute atomic E-state index is 0.231. The maximum atomic E-state index is 14.7. The summed E-state index contributed by atoms with van der Waals surface area (Å²) < 4.78 is 0. The van der Waals surface area contributed by atoms with Gasteiger partial charge in [0.25, 0.3) is 23.6 Å². The number of nitrogens with zero attached hydrogens (tertiary/aromatic N) is 3. The fraction of sp³-hybridized carbons (Fsp3) is 0. The first kappa shape index (κ1) is 26.3. The second-order valence-electron chi connectivity index (χ2n) is 10.8. The predicted octanol–water partition coefficient (Wildman–Crippen LogP) is 7.91. The summed E-state index contributed by atoms with van der Waals surface area (Å²) >= 11 is 0. The number of imide groups is 2. The van der Waals surface area contributed by atoms with Crippen molar-refractivity contribution >= 4 is 62.8 Å². The van der Waals surface area contributed by atoms with E-state index in [9.17, 15) is 19.2 Å². The number of rotatable bonds is 5. The molecule has 7 nitrogen and oxygen atoms in total. The van der Waals surface area contributed by atoms with Crippen LogP contribution in [0.2, 0.25) is 0 Å². The van der Waals surface area contributed by atoms with Crippen molar-refractivity contribution in [2.45, 2.75) is 0 Å². The third kappa shape index (κ3) is 3.91. The second kappa shape index (κ2) is 10.1. The Morgan fingerprint density at radius 2 is 0.800 bits per heavy atom. The molecule has 45 heavy (non-hydrogen) atoms. The number of para-hydroxylation sites is 4. The van der Waals surface area contributed by atoms with Crippen molar-refractivity contribution in [2.75, 3.05) is 14.7 Å². The monoisotopic (exact) mass is 585 g/mol. The molecule has 214 valence electrons. The molecular weight excluding hydrogens is 562 g/mol. The van der Waals surface area contributed by atoms with Crippen LogP contribution in [0.15, 0.2) is 140 Å². The highest BCUT2D eigenvalue weighted by atomic mass is 16.2. The summed E-state index contributed by atoms with van der Waals surface area (Å²) in [6, 6.07) is 41.4. The Bertz CT molecular complexity index is 2140. The molecule has 0 aliphatic carbocycles. The van der Waals surface area contributed by atoms with Gasteiger partial charge in [-0.2, -0.15) is 0 Å².